The summed E-state index contributed by atoms with van der Waals surface area (Å²) in [7, 11) is 0. The summed E-state index contributed by atoms with van der Waals surface area (Å²) >= 11 is 0. The second-order valence-electron chi connectivity index (χ2n) is 4.92. The van der Waals surface area contributed by atoms with Gasteiger partial charge in [-0.25, -0.2) is 0 Å². The molecule has 1 unspecified atom stereocenters. The van der Waals surface area contributed by atoms with Crippen LogP contribution in [0.3, 0.4) is 0 Å². The standard InChI is InChI=1S/C15H23NO2/c1-12-4-5-15(13(11-12)6-8-16)18-10-7-14-3-2-9-17-14/h4-5,11,14H,2-3,6-10,16H2,1H3. The van der Waals surface area contributed by atoms with Crippen molar-refractivity contribution in [2.24, 2.45) is 5.73 Å². The van der Waals surface area contributed by atoms with Gasteiger partial charge in [-0.2, -0.15) is 0 Å². The molecule has 2 rings (SSSR count). The maximum absolute atomic E-state index is 5.87. The first-order chi connectivity index (χ1) is 8.79. The number of hydrogen-bond acceptors (Lipinski definition) is 3. The lowest BCUT2D eigenvalue weighted by molar-refractivity contribution is 0.0902. The van der Waals surface area contributed by atoms with Crippen molar-refractivity contribution in [2.45, 2.75) is 38.7 Å². The fourth-order valence-electron chi connectivity index (χ4n) is 2.37. The van der Waals surface area contributed by atoms with E-state index in [1.807, 2.05) is 0 Å². The predicted octanol–water partition coefficient (Wildman–Crippen LogP) is 2.44. The number of ether oxygens (including phenoxy) is 2. The lowest BCUT2D eigenvalue weighted by Gasteiger charge is -2.14. The smallest absolute Gasteiger partial charge is 0.122 e. The minimum atomic E-state index is 0.397. The summed E-state index contributed by atoms with van der Waals surface area (Å²) in [6.45, 7) is 4.39. The average molecular weight is 249 g/mol. The van der Waals surface area contributed by atoms with Crippen LogP contribution in [-0.2, 0) is 11.2 Å². The van der Waals surface area contributed by atoms with Gasteiger partial charge in [0.15, 0.2) is 0 Å². The van der Waals surface area contributed by atoms with Crippen LogP contribution in [0.5, 0.6) is 5.75 Å². The van der Waals surface area contributed by atoms with Gasteiger partial charge < -0.3 is 15.2 Å². The zero-order chi connectivity index (χ0) is 12.8. The number of benzene rings is 1. The van der Waals surface area contributed by atoms with E-state index in [1.165, 1.54) is 24.0 Å². The maximum Gasteiger partial charge on any atom is 0.122 e. The van der Waals surface area contributed by atoms with E-state index in [1.54, 1.807) is 0 Å². The van der Waals surface area contributed by atoms with Crippen LogP contribution in [0, 0.1) is 6.92 Å². The first-order valence-corrected chi connectivity index (χ1v) is 6.83. The van der Waals surface area contributed by atoms with Gasteiger partial charge in [-0.1, -0.05) is 17.7 Å². The summed E-state index contributed by atoms with van der Waals surface area (Å²) in [6.07, 6.45) is 4.61. The molecule has 1 atom stereocenters. The van der Waals surface area contributed by atoms with Crippen molar-refractivity contribution >= 4 is 0 Å². The molecule has 2 N–H and O–H groups in total. The van der Waals surface area contributed by atoms with Gasteiger partial charge in [0.2, 0.25) is 0 Å². The molecule has 1 saturated heterocycles. The molecular formula is C15H23NO2. The fourth-order valence-corrected chi connectivity index (χ4v) is 2.37. The van der Waals surface area contributed by atoms with Crippen LogP contribution < -0.4 is 10.5 Å². The van der Waals surface area contributed by atoms with Gasteiger partial charge in [-0.3, -0.25) is 0 Å². The summed E-state index contributed by atoms with van der Waals surface area (Å²) < 4.78 is 11.5. The minimum Gasteiger partial charge on any atom is -0.493 e. The summed E-state index contributed by atoms with van der Waals surface area (Å²) in [5.74, 6) is 0.976. The molecule has 0 spiro atoms. The molecule has 0 aromatic heterocycles. The highest BCUT2D eigenvalue weighted by atomic mass is 16.5. The third kappa shape index (κ3) is 3.72. The molecule has 0 saturated carbocycles. The zero-order valence-electron chi connectivity index (χ0n) is 11.2. The van der Waals surface area contributed by atoms with E-state index >= 15 is 0 Å². The Balaban J connectivity index is 1.87. The summed E-state index contributed by atoms with van der Waals surface area (Å²) in [4.78, 5) is 0. The molecule has 18 heavy (non-hydrogen) atoms. The SMILES string of the molecule is Cc1ccc(OCCC2CCCO2)c(CCN)c1. The van der Waals surface area contributed by atoms with Crippen LogP contribution in [-0.4, -0.2) is 25.9 Å². The molecule has 1 aliphatic rings. The minimum absolute atomic E-state index is 0.397. The van der Waals surface area contributed by atoms with E-state index in [0.717, 1.165) is 31.8 Å². The van der Waals surface area contributed by atoms with Crippen molar-refractivity contribution in [1.29, 1.82) is 0 Å². The molecule has 0 bridgehead atoms. The first kappa shape index (κ1) is 13.4. The van der Waals surface area contributed by atoms with Gasteiger partial charge in [0.05, 0.1) is 12.7 Å². The summed E-state index contributed by atoms with van der Waals surface area (Å²) in [5.41, 5.74) is 8.10. The van der Waals surface area contributed by atoms with Gasteiger partial charge in [-0.05, 0) is 44.4 Å². The topological polar surface area (TPSA) is 44.5 Å². The highest BCUT2D eigenvalue weighted by Crippen LogP contribution is 2.22. The Labute approximate surface area is 109 Å². The largest absolute Gasteiger partial charge is 0.493 e. The lowest BCUT2D eigenvalue weighted by atomic mass is 10.1. The molecule has 1 heterocycles. The van der Waals surface area contributed by atoms with E-state index in [2.05, 4.69) is 25.1 Å². The van der Waals surface area contributed by atoms with Crippen LogP contribution in [0.4, 0.5) is 0 Å². The highest BCUT2D eigenvalue weighted by molar-refractivity contribution is 5.37. The Hall–Kier alpha value is -1.06. The Morgan fingerprint density at radius 2 is 2.33 bits per heavy atom. The van der Waals surface area contributed by atoms with E-state index in [0.29, 0.717) is 12.6 Å². The Morgan fingerprint density at radius 1 is 1.44 bits per heavy atom. The van der Waals surface area contributed by atoms with E-state index in [4.69, 9.17) is 15.2 Å². The van der Waals surface area contributed by atoms with Crippen LogP contribution in [0.15, 0.2) is 18.2 Å². The molecule has 3 nitrogen and oxygen atoms in total. The molecule has 3 heteroatoms. The molecule has 1 fully saturated rings. The Kier molecular flexibility index (Phi) is 5.02. The van der Waals surface area contributed by atoms with Crippen molar-refractivity contribution in [2.75, 3.05) is 19.8 Å². The quantitative estimate of drug-likeness (QED) is 0.842. The second kappa shape index (κ2) is 6.76. The first-order valence-electron chi connectivity index (χ1n) is 6.83. The number of nitrogens with two attached hydrogens (primary N) is 1. The van der Waals surface area contributed by atoms with Crippen LogP contribution in [0.2, 0.25) is 0 Å². The molecule has 0 aliphatic carbocycles. The van der Waals surface area contributed by atoms with Crippen molar-refractivity contribution in [3.05, 3.63) is 29.3 Å². The maximum atomic E-state index is 5.87. The molecular weight excluding hydrogens is 226 g/mol. The van der Waals surface area contributed by atoms with Crippen LogP contribution in [0.1, 0.15) is 30.4 Å². The van der Waals surface area contributed by atoms with Crippen LogP contribution in [0.25, 0.3) is 0 Å². The van der Waals surface area contributed by atoms with Gasteiger partial charge in [0.25, 0.3) is 0 Å². The molecule has 0 amide bonds. The molecule has 1 aliphatic heterocycles. The normalized spacial score (nSPS) is 19.1. The highest BCUT2D eigenvalue weighted by Gasteiger charge is 2.15. The molecule has 1 aromatic carbocycles. The number of rotatable bonds is 6. The zero-order valence-corrected chi connectivity index (χ0v) is 11.2. The van der Waals surface area contributed by atoms with Gasteiger partial charge in [0, 0.05) is 13.0 Å². The van der Waals surface area contributed by atoms with Gasteiger partial charge in [0.1, 0.15) is 5.75 Å². The number of aryl methyl sites for hydroxylation is 1. The van der Waals surface area contributed by atoms with Crippen molar-refractivity contribution in [1.82, 2.24) is 0 Å². The molecule has 0 radical (unpaired) electrons. The van der Waals surface area contributed by atoms with Gasteiger partial charge in [-0.15, -0.1) is 0 Å². The van der Waals surface area contributed by atoms with Crippen molar-refractivity contribution in [3.63, 3.8) is 0 Å². The third-order valence-electron chi connectivity index (χ3n) is 3.35. The van der Waals surface area contributed by atoms with Crippen molar-refractivity contribution in [3.8, 4) is 5.75 Å². The second-order valence-corrected chi connectivity index (χ2v) is 4.92. The summed E-state index contributed by atoms with van der Waals surface area (Å²) in [5, 5.41) is 0. The predicted molar refractivity (Wildman–Crippen MR) is 73.0 cm³/mol. The molecule has 1 aromatic rings. The molecule has 100 valence electrons. The third-order valence-corrected chi connectivity index (χ3v) is 3.35. The van der Waals surface area contributed by atoms with Crippen molar-refractivity contribution < 1.29 is 9.47 Å². The Bertz CT molecular complexity index is 373. The number of hydrogen-bond donors (Lipinski definition) is 1. The van der Waals surface area contributed by atoms with E-state index in [9.17, 15) is 0 Å². The fraction of sp³-hybridized carbons (Fsp3) is 0.600. The van der Waals surface area contributed by atoms with Crippen LogP contribution >= 0.6 is 0 Å². The van der Waals surface area contributed by atoms with E-state index in [-0.39, 0.29) is 0 Å². The average Bonchev–Trinajstić information content (AvgIpc) is 2.85. The summed E-state index contributed by atoms with van der Waals surface area (Å²) in [6, 6.07) is 6.30. The lowest BCUT2D eigenvalue weighted by Crippen LogP contribution is -2.12. The van der Waals surface area contributed by atoms with E-state index < -0.39 is 0 Å². The Morgan fingerprint density at radius 3 is 3.06 bits per heavy atom. The monoisotopic (exact) mass is 249 g/mol. The van der Waals surface area contributed by atoms with Gasteiger partial charge >= 0.3 is 0 Å².